The van der Waals surface area contributed by atoms with E-state index in [-0.39, 0.29) is 12.5 Å². The molecule has 0 spiro atoms. The highest BCUT2D eigenvalue weighted by Gasteiger charge is 2.21. The van der Waals surface area contributed by atoms with E-state index in [0.717, 1.165) is 16.3 Å². The van der Waals surface area contributed by atoms with Gasteiger partial charge in [0, 0.05) is 13.7 Å². The van der Waals surface area contributed by atoms with Crippen molar-refractivity contribution in [1.29, 1.82) is 0 Å². The number of hydrogen-bond acceptors (Lipinski definition) is 3. The molecule has 0 bridgehead atoms. The number of benzene rings is 2. The third-order valence-electron chi connectivity index (χ3n) is 4.12. The molecule has 2 rings (SSSR count). The van der Waals surface area contributed by atoms with Gasteiger partial charge in [-0.05, 0) is 29.2 Å². The van der Waals surface area contributed by atoms with Gasteiger partial charge in [0.15, 0.2) is 0 Å². The van der Waals surface area contributed by atoms with E-state index in [1.165, 1.54) is 7.11 Å². The van der Waals surface area contributed by atoms with E-state index in [4.69, 9.17) is 4.74 Å². The van der Waals surface area contributed by atoms with Crippen molar-refractivity contribution < 1.29 is 19.4 Å². The summed E-state index contributed by atoms with van der Waals surface area (Å²) in [5.74, 6) is -1.87. The Bertz CT molecular complexity index is 709. The molecule has 0 heterocycles. The molecule has 5 nitrogen and oxygen atoms in total. The van der Waals surface area contributed by atoms with Crippen molar-refractivity contribution >= 4 is 22.6 Å². The van der Waals surface area contributed by atoms with E-state index in [1.54, 1.807) is 0 Å². The highest BCUT2D eigenvalue weighted by molar-refractivity contribution is 5.83. The summed E-state index contributed by atoms with van der Waals surface area (Å²) in [4.78, 5) is 23.4. The van der Waals surface area contributed by atoms with Crippen LogP contribution in [0.4, 0.5) is 0 Å². The summed E-state index contributed by atoms with van der Waals surface area (Å²) in [7, 11) is 1.47. The third kappa shape index (κ3) is 4.55. The number of methoxy groups -OCH3 is 1. The topological polar surface area (TPSA) is 75.6 Å². The lowest BCUT2D eigenvalue weighted by Gasteiger charge is -2.17. The third-order valence-corrected chi connectivity index (χ3v) is 4.12. The average molecular weight is 329 g/mol. The minimum Gasteiger partial charge on any atom is -0.481 e. The van der Waals surface area contributed by atoms with Crippen molar-refractivity contribution in [3.05, 3.63) is 48.0 Å². The van der Waals surface area contributed by atoms with Crippen LogP contribution in [-0.4, -0.2) is 36.7 Å². The van der Waals surface area contributed by atoms with Gasteiger partial charge in [-0.3, -0.25) is 9.59 Å². The minimum absolute atomic E-state index is 0.0842. The van der Waals surface area contributed by atoms with E-state index >= 15 is 0 Å². The van der Waals surface area contributed by atoms with Crippen LogP contribution in [0, 0.1) is 5.92 Å². The van der Waals surface area contributed by atoms with Gasteiger partial charge in [0.05, 0.1) is 5.92 Å². The van der Waals surface area contributed by atoms with Gasteiger partial charge in [0.1, 0.15) is 6.10 Å². The number of carboxylic acid groups (broad SMARTS) is 1. The Hall–Kier alpha value is -2.40. The summed E-state index contributed by atoms with van der Waals surface area (Å²) >= 11 is 0. The predicted octanol–water partition coefficient (Wildman–Crippen LogP) is 2.62. The fourth-order valence-electron chi connectivity index (χ4n) is 2.69. The van der Waals surface area contributed by atoms with E-state index in [0.29, 0.717) is 12.8 Å². The number of aliphatic carboxylic acids is 1. The zero-order valence-electron chi connectivity index (χ0n) is 14.0. The quantitative estimate of drug-likeness (QED) is 0.780. The highest BCUT2D eigenvalue weighted by atomic mass is 16.5. The van der Waals surface area contributed by atoms with Gasteiger partial charge >= 0.3 is 5.97 Å². The Labute approximate surface area is 141 Å². The van der Waals surface area contributed by atoms with Crippen molar-refractivity contribution in [1.82, 2.24) is 5.32 Å². The molecule has 1 amide bonds. The number of carbonyl (C=O) groups excluding carboxylic acids is 1. The number of fused-ring (bicyclic) bond motifs is 1. The molecule has 24 heavy (non-hydrogen) atoms. The summed E-state index contributed by atoms with van der Waals surface area (Å²) in [6.45, 7) is 1.93. The second kappa shape index (κ2) is 8.45. The summed E-state index contributed by atoms with van der Waals surface area (Å²) < 4.78 is 5.06. The maximum absolute atomic E-state index is 11.9. The number of carboxylic acids is 1. The van der Waals surface area contributed by atoms with Crippen LogP contribution < -0.4 is 5.32 Å². The zero-order chi connectivity index (χ0) is 17.5. The smallest absolute Gasteiger partial charge is 0.308 e. The highest BCUT2D eigenvalue weighted by Crippen LogP contribution is 2.18. The molecule has 0 fully saturated rings. The molecular formula is C19H23NO4. The molecule has 2 atom stereocenters. The van der Waals surface area contributed by atoms with E-state index in [1.807, 2.05) is 49.4 Å². The van der Waals surface area contributed by atoms with Crippen LogP contribution in [0.15, 0.2) is 42.5 Å². The molecule has 0 aliphatic rings. The van der Waals surface area contributed by atoms with E-state index < -0.39 is 18.0 Å². The number of carbonyl (C=O) groups is 2. The zero-order valence-corrected chi connectivity index (χ0v) is 14.0. The molecule has 128 valence electrons. The summed E-state index contributed by atoms with van der Waals surface area (Å²) in [5.41, 5.74) is 0.939. The number of amides is 1. The lowest BCUT2D eigenvalue weighted by molar-refractivity contribution is -0.142. The van der Waals surface area contributed by atoms with Gasteiger partial charge in [0.2, 0.25) is 5.91 Å². The maximum atomic E-state index is 11.9. The molecule has 2 unspecified atom stereocenters. The van der Waals surface area contributed by atoms with Crippen LogP contribution in [0.25, 0.3) is 10.8 Å². The van der Waals surface area contributed by atoms with Crippen LogP contribution >= 0.6 is 0 Å². The maximum Gasteiger partial charge on any atom is 0.308 e. The molecule has 0 aliphatic carbocycles. The monoisotopic (exact) mass is 329 g/mol. The Balaban J connectivity index is 2.04. The van der Waals surface area contributed by atoms with Crippen molar-refractivity contribution in [2.45, 2.75) is 25.9 Å². The SMILES string of the molecule is CCC(OC)C(=O)NCC(Cc1ccc2ccccc2c1)C(=O)O. The Morgan fingerprint density at radius 2 is 1.88 bits per heavy atom. The number of rotatable bonds is 8. The van der Waals surface area contributed by atoms with Crippen LogP contribution in [0.3, 0.4) is 0 Å². The van der Waals surface area contributed by atoms with Gasteiger partial charge in [-0.15, -0.1) is 0 Å². The van der Waals surface area contributed by atoms with Crippen LogP contribution in [0.2, 0.25) is 0 Å². The van der Waals surface area contributed by atoms with Crippen molar-refractivity contribution in [3.8, 4) is 0 Å². The van der Waals surface area contributed by atoms with E-state index in [9.17, 15) is 14.7 Å². The predicted molar refractivity (Wildman–Crippen MR) is 92.9 cm³/mol. The molecule has 2 N–H and O–H groups in total. The first-order chi connectivity index (χ1) is 11.5. The molecule has 0 radical (unpaired) electrons. The molecule has 0 saturated heterocycles. The first-order valence-electron chi connectivity index (χ1n) is 8.06. The lowest BCUT2D eigenvalue weighted by Crippen LogP contribution is -2.40. The Morgan fingerprint density at radius 1 is 1.17 bits per heavy atom. The number of nitrogens with one attached hydrogen (secondary N) is 1. The molecule has 5 heteroatoms. The molecule has 0 aliphatic heterocycles. The van der Waals surface area contributed by atoms with Crippen molar-refractivity contribution in [3.63, 3.8) is 0 Å². The van der Waals surface area contributed by atoms with Gasteiger partial charge < -0.3 is 15.2 Å². The van der Waals surface area contributed by atoms with Gasteiger partial charge in [-0.1, -0.05) is 49.4 Å². The largest absolute Gasteiger partial charge is 0.481 e. The number of hydrogen-bond donors (Lipinski definition) is 2. The summed E-state index contributed by atoms with van der Waals surface area (Å²) in [6.07, 6.45) is 0.370. The van der Waals surface area contributed by atoms with Crippen molar-refractivity contribution in [2.24, 2.45) is 5.92 Å². The Morgan fingerprint density at radius 3 is 2.50 bits per heavy atom. The molecular weight excluding hydrogens is 306 g/mol. The van der Waals surface area contributed by atoms with Crippen LogP contribution in [0.1, 0.15) is 18.9 Å². The van der Waals surface area contributed by atoms with Gasteiger partial charge in [-0.25, -0.2) is 0 Å². The standard InChI is InChI=1S/C19H23NO4/c1-3-17(24-2)18(21)20-12-16(19(22)23)11-13-8-9-14-6-4-5-7-15(14)10-13/h4-10,16-17H,3,11-12H2,1-2H3,(H,20,21)(H,22,23). The van der Waals surface area contributed by atoms with Crippen LogP contribution in [0.5, 0.6) is 0 Å². The van der Waals surface area contributed by atoms with E-state index in [2.05, 4.69) is 5.32 Å². The normalized spacial score (nSPS) is 13.4. The molecule has 2 aromatic rings. The fourth-order valence-corrected chi connectivity index (χ4v) is 2.69. The van der Waals surface area contributed by atoms with Crippen LogP contribution in [-0.2, 0) is 20.7 Å². The van der Waals surface area contributed by atoms with Gasteiger partial charge in [-0.2, -0.15) is 0 Å². The average Bonchev–Trinajstić information content (AvgIpc) is 2.59. The molecule has 0 saturated carbocycles. The van der Waals surface area contributed by atoms with Crippen molar-refractivity contribution in [2.75, 3.05) is 13.7 Å². The molecule has 2 aromatic carbocycles. The second-order valence-corrected chi connectivity index (χ2v) is 5.80. The molecule has 0 aromatic heterocycles. The first kappa shape index (κ1) is 17.9. The number of ether oxygens (including phenoxy) is 1. The summed E-state index contributed by atoms with van der Waals surface area (Å²) in [5, 5.41) is 14.3. The first-order valence-corrected chi connectivity index (χ1v) is 8.06. The minimum atomic E-state index is -0.922. The Kier molecular flexibility index (Phi) is 6.32. The van der Waals surface area contributed by atoms with Gasteiger partial charge in [0.25, 0.3) is 0 Å². The summed E-state index contributed by atoms with van der Waals surface area (Å²) in [6, 6.07) is 13.9. The lowest BCUT2D eigenvalue weighted by atomic mass is 9.97. The fraction of sp³-hybridized carbons (Fsp3) is 0.368. The second-order valence-electron chi connectivity index (χ2n) is 5.80.